The van der Waals surface area contributed by atoms with Crippen LogP contribution < -0.4 is 20.4 Å². The van der Waals surface area contributed by atoms with Gasteiger partial charge in [0.25, 0.3) is 5.69 Å². The van der Waals surface area contributed by atoms with Crippen molar-refractivity contribution >= 4 is 34.7 Å². The minimum Gasteiger partial charge on any atom is -0.366 e. The zero-order chi connectivity index (χ0) is 21.8. The Balaban J connectivity index is 1.32. The van der Waals surface area contributed by atoms with Crippen molar-refractivity contribution in [2.24, 2.45) is 5.92 Å². The fraction of sp³-hybridized carbons (Fsp3) is 0.381. The Bertz CT molecular complexity index is 972. The first-order valence-corrected chi connectivity index (χ1v) is 10.3. The van der Waals surface area contributed by atoms with Gasteiger partial charge >= 0.3 is 0 Å². The number of nitro groups is 1. The van der Waals surface area contributed by atoms with Gasteiger partial charge in [-0.25, -0.2) is 4.98 Å². The Hall–Kier alpha value is -3.69. The van der Waals surface area contributed by atoms with E-state index in [-0.39, 0.29) is 34.9 Å². The topological polar surface area (TPSA) is 121 Å². The van der Waals surface area contributed by atoms with Gasteiger partial charge in [-0.3, -0.25) is 19.7 Å². The number of piperidine rings is 1. The lowest BCUT2D eigenvalue weighted by Crippen LogP contribution is -2.48. The van der Waals surface area contributed by atoms with E-state index in [2.05, 4.69) is 15.6 Å². The minimum atomic E-state index is -0.374. The Morgan fingerprint density at radius 1 is 1.13 bits per heavy atom. The molecule has 10 nitrogen and oxygen atoms in total. The number of nitrogens with one attached hydrogen (secondary N) is 2. The van der Waals surface area contributed by atoms with E-state index in [1.165, 1.54) is 6.07 Å². The highest BCUT2D eigenvalue weighted by Crippen LogP contribution is 2.31. The monoisotopic (exact) mass is 424 g/mol. The number of hydrogen-bond donors (Lipinski definition) is 2. The molecule has 10 heteroatoms. The summed E-state index contributed by atoms with van der Waals surface area (Å²) in [4.78, 5) is 43.3. The number of amides is 2. The molecule has 2 N–H and O–H groups in total. The van der Waals surface area contributed by atoms with Crippen molar-refractivity contribution in [2.45, 2.75) is 12.8 Å². The van der Waals surface area contributed by atoms with E-state index in [1.54, 1.807) is 36.5 Å². The molecule has 0 atom stereocenters. The lowest BCUT2D eigenvalue weighted by Gasteiger charge is -2.32. The number of para-hydroxylation sites is 2. The molecule has 0 saturated carbocycles. The number of anilines is 3. The molecule has 0 aliphatic carbocycles. The summed E-state index contributed by atoms with van der Waals surface area (Å²) in [7, 11) is 0. The van der Waals surface area contributed by atoms with Crippen LogP contribution in [-0.4, -0.2) is 54.4 Å². The second-order valence-electron chi connectivity index (χ2n) is 7.67. The normalized spacial score (nSPS) is 17.2. The third-order valence-electron chi connectivity index (χ3n) is 5.66. The Morgan fingerprint density at radius 2 is 1.90 bits per heavy atom. The highest BCUT2D eigenvalue weighted by Gasteiger charge is 2.28. The van der Waals surface area contributed by atoms with Crippen LogP contribution in [0.1, 0.15) is 12.8 Å². The number of aromatic nitrogens is 1. The quantitative estimate of drug-likeness (QED) is 0.554. The van der Waals surface area contributed by atoms with Crippen LogP contribution in [0.5, 0.6) is 0 Å². The summed E-state index contributed by atoms with van der Waals surface area (Å²) >= 11 is 0. The number of benzene rings is 1. The number of carbonyl (C=O) groups excluding carboxylic acids is 2. The van der Waals surface area contributed by atoms with Gasteiger partial charge in [0.05, 0.1) is 23.4 Å². The van der Waals surface area contributed by atoms with Crippen molar-refractivity contribution in [3.8, 4) is 0 Å². The molecule has 2 aliphatic rings. The average molecular weight is 424 g/mol. The summed E-state index contributed by atoms with van der Waals surface area (Å²) in [5, 5.41) is 17.0. The zero-order valence-electron chi connectivity index (χ0n) is 17.0. The molecule has 2 aliphatic heterocycles. The van der Waals surface area contributed by atoms with E-state index in [0.717, 1.165) is 0 Å². The first-order valence-electron chi connectivity index (χ1n) is 10.3. The number of nitrogens with zero attached hydrogens (tertiary/aromatic N) is 4. The first-order chi connectivity index (χ1) is 15.0. The first kappa shape index (κ1) is 20.6. The third-order valence-corrected chi connectivity index (χ3v) is 5.66. The van der Waals surface area contributed by atoms with E-state index in [0.29, 0.717) is 56.2 Å². The van der Waals surface area contributed by atoms with Crippen molar-refractivity contribution in [1.82, 2.24) is 10.3 Å². The fourth-order valence-corrected chi connectivity index (χ4v) is 3.99. The highest BCUT2D eigenvalue weighted by atomic mass is 16.6. The summed E-state index contributed by atoms with van der Waals surface area (Å²) in [6.45, 7) is 2.72. The fourth-order valence-electron chi connectivity index (χ4n) is 3.99. The smallest absolute Gasteiger partial charge is 0.292 e. The molecule has 2 fully saturated rings. The maximum Gasteiger partial charge on any atom is 0.292 e. The van der Waals surface area contributed by atoms with Crippen LogP contribution in [0.15, 0.2) is 42.6 Å². The van der Waals surface area contributed by atoms with Gasteiger partial charge in [-0.05, 0) is 31.0 Å². The van der Waals surface area contributed by atoms with Crippen LogP contribution in [0.25, 0.3) is 0 Å². The number of pyridine rings is 1. The number of hydrogen-bond acceptors (Lipinski definition) is 7. The van der Waals surface area contributed by atoms with Crippen molar-refractivity contribution in [2.75, 3.05) is 47.8 Å². The van der Waals surface area contributed by atoms with Gasteiger partial charge < -0.3 is 20.4 Å². The van der Waals surface area contributed by atoms with Gasteiger partial charge in [-0.2, -0.15) is 0 Å². The predicted octanol–water partition coefficient (Wildman–Crippen LogP) is 1.78. The summed E-state index contributed by atoms with van der Waals surface area (Å²) in [5.74, 6) is 0.432. The van der Waals surface area contributed by atoms with E-state index in [4.69, 9.17) is 0 Å². The van der Waals surface area contributed by atoms with Crippen LogP contribution >= 0.6 is 0 Å². The summed E-state index contributed by atoms with van der Waals surface area (Å²) < 4.78 is 0. The molecule has 3 heterocycles. The van der Waals surface area contributed by atoms with Crippen molar-refractivity contribution in [1.29, 1.82) is 0 Å². The molecular formula is C21H24N6O4. The molecule has 2 saturated heterocycles. The molecule has 4 rings (SSSR count). The highest BCUT2D eigenvalue weighted by molar-refractivity contribution is 5.92. The van der Waals surface area contributed by atoms with Crippen LogP contribution in [-0.2, 0) is 9.59 Å². The summed E-state index contributed by atoms with van der Waals surface area (Å²) in [5.41, 5.74) is 1.29. The van der Waals surface area contributed by atoms with Gasteiger partial charge in [0.1, 0.15) is 11.5 Å². The zero-order valence-corrected chi connectivity index (χ0v) is 17.0. The SMILES string of the molecule is O=C1CN(c2ccc(NC(=O)C3CCN(c4ccccc4[N+](=O)[O-])CC3)cn2)CCN1. The maximum atomic E-state index is 12.7. The van der Waals surface area contributed by atoms with Gasteiger partial charge in [-0.15, -0.1) is 0 Å². The summed E-state index contributed by atoms with van der Waals surface area (Å²) in [6.07, 6.45) is 2.83. The Kier molecular flexibility index (Phi) is 5.96. The van der Waals surface area contributed by atoms with Gasteiger partial charge in [-0.1, -0.05) is 12.1 Å². The van der Waals surface area contributed by atoms with E-state index < -0.39 is 0 Å². The number of nitro benzene ring substituents is 1. The van der Waals surface area contributed by atoms with Gasteiger partial charge in [0, 0.05) is 38.2 Å². The largest absolute Gasteiger partial charge is 0.366 e. The second-order valence-corrected chi connectivity index (χ2v) is 7.67. The molecule has 2 amide bonds. The van der Waals surface area contributed by atoms with Crippen LogP contribution in [0.3, 0.4) is 0 Å². The van der Waals surface area contributed by atoms with Crippen molar-refractivity contribution < 1.29 is 14.5 Å². The third kappa shape index (κ3) is 4.73. The van der Waals surface area contributed by atoms with Gasteiger partial charge in [0.2, 0.25) is 11.8 Å². The van der Waals surface area contributed by atoms with Crippen LogP contribution in [0, 0.1) is 16.0 Å². The van der Waals surface area contributed by atoms with Crippen molar-refractivity contribution in [3.05, 3.63) is 52.7 Å². The lowest BCUT2D eigenvalue weighted by molar-refractivity contribution is -0.384. The minimum absolute atomic E-state index is 0.0300. The van der Waals surface area contributed by atoms with Crippen molar-refractivity contribution in [3.63, 3.8) is 0 Å². The maximum absolute atomic E-state index is 12.7. The molecule has 0 bridgehead atoms. The molecule has 0 radical (unpaired) electrons. The van der Waals surface area contributed by atoms with Crippen LogP contribution in [0.4, 0.5) is 22.9 Å². The van der Waals surface area contributed by atoms with E-state index >= 15 is 0 Å². The van der Waals surface area contributed by atoms with Gasteiger partial charge in [0.15, 0.2) is 0 Å². The number of piperazine rings is 1. The molecule has 31 heavy (non-hydrogen) atoms. The molecular weight excluding hydrogens is 400 g/mol. The lowest BCUT2D eigenvalue weighted by atomic mass is 9.95. The molecule has 1 aromatic heterocycles. The predicted molar refractivity (Wildman–Crippen MR) is 116 cm³/mol. The average Bonchev–Trinajstić information content (AvgIpc) is 2.79. The number of rotatable bonds is 5. The van der Waals surface area contributed by atoms with E-state index in [1.807, 2.05) is 9.80 Å². The summed E-state index contributed by atoms with van der Waals surface area (Å²) in [6, 6.07) is 10.3. The molecule has 0 unspecified atom stereocenters. The van der Waals surface area contributed by atoms with Crippen LogP contribution in [0.2, 0.25) is 0 Å². The molecule has 162 valence electrons. The molecule has 1 aromatic carbocycles. The molecule has 2 aromatic rings. The Morgan fingerprint density at radius 3 is 2.58 bits per heavy atom. The standard InChI is InChI=1S/C21H24N6O4/c28-20-14-26(12-9-22-20)19-6-5-16(13-23-19)24-21(29)15-7-10-25(11-8-15)17-3-1-2-4-18(17)27(30)31/h1-6,13,15H,7-12,14H2,(H,22,28)(H,24,29). The Labute approximate surface area is 179 Å². The van der Waals surface area contributed by atoms with E-state index in [9.17, 15) is 19.7 Å². The molecule has 0 spiro atoms. The number of carbonyl (C=O) groups is 2. The second kappa shape index (κ2) is 8.99.